The van der Waals surface area contributed by atoms with Gasteiger partial charge < -0.3 is 20.8 Å². The van der Waals surface area contributed by atoms with Crippen LogP contribution in [0.5, 0.6) is 0 Å². The van der Waals surface area contributed by atoms with Crippen LogP contribution < -0.4 is 10.6 Å². The number of aliphatic hydroxyl groups excluding tert-OH is 1. The van der Waals surface area contributed by atoms with E-state index in [1.54, 1.807) is 0 Å². The Morgan fingerprint density at radius 1 is 1.19 bits per heavy atom. The Morgan fingerprint density at radius 2 is 1.88 bits per heavy atom. The van der Waals surface area contributed by atoms with Gasteiger partial charge in [-0.05, 0) is 12.5 Å². The van der Waals surface area contributed by atoms with Crippen LogP contribution in [0.1, 0.15) is 26.2 Å². The fraction of sp³-hybridized carbons (Fsp3) is 0.727. The van der Waals surface area contributed by atoms with Gasteiger partial charge in [-0.15, -0.1) is 0 Å². The summed E-state index contributed by atoms with van der Waals surface area (Å²) < 4.78 is 0. The molecule has 0 radical (unpaired) electrons. The molecule has 0 fully saturated rings. The fourth-order valence-corrected chi connectivity index (χ4v) is 1.10. The molecule has 0 amide bonds. The van der Waals surface area contributed by atoms with E-state index < -0.39 is 5.97 Å². The van der Waals surface area contributed by atoms with Crippen LogP contribution in [0.2, 0.25) is 0 Å². The molecule has 0 aliphatic rings. The van der Waals surface area contributed by atoms with Crippen LogP contribution >= 0.6 is 0 Å². The van der Waals surface area contributed by atoms with Gasteiger partial charge in [0.05, 0.1) is 13.0 Å². The Kier molecular flexibility index (Phi) is 9.75. The first-order valence-electron chi connectivity index (χ1n) is 5.68. The number of carboxylic acids is 1. The summed E-state index contributed by atoms with van der Waals surface area (Å²) in [6.45, 7) is 4.43. The predicted molar refractivity (Wildman–Crippen MR) is 63.6 cm³/mol. The highest BCUT2D eigenvalue weighted by atomic mass is 16.4. The molecule has 5 heteroatoms. The molecular weight excluding hydrogens is 208 g/mol. The van der Waals surface area contributed by atoms with E-state index in [0.29, 0.717) is 31.9 Å². The van der Waals surface area contributed by atoms with Crippen molar-refractivity contribution >= 4 is 5.97 Å². The van der Waals surface area contributed by atoms with Gasteiger partial charge in [0.1, 0.15) is 5.76 Å². The summed E-state index contributed by atoms with van der Waals surface area (Å²) in [6, 6.07) is 0. The quantitative estimate of drug-likeness (QED) is 0.331. The molecule has 0 rings (SSSR count). The van der Waals surface area contributed by atoms with Gasteiger partial charge in [-0.1, -0.05) is 13.3 Å². The van der Waals surface area contributed by atoms with Gasteiger partial charge in [0.25, 0.3) is 0 Å². The Balaban J connectivity index is 3.23. The van der Waals surface area contributed by atoms with Crippen LogP contribution in [0, 0.1) is 0 Å². The second-order valence-corrected chi connectivity index (χ2v) is 3.55. The number of hydrogen-bond donors (Lipinski definition) is 4. The normalized spacial score (nSPS) is 11.7. The summed E-state index contributed by atoms with van der Waals surface area (Å²) in [5.41, 5.74) is 0. The van der Waals surface area contributed by atoms with Crippen molar-refractivity contribution in [1.82, 2.24) is 10.6 Å². The number of carbonyl (C=O) groups is 1. The van der Waals surface area contributed by atoms with Gasteiger partial charge in [0.15, 0.2) is 0 Å². The van der Waals surface area contributed by atoms with Crippen molar-refractivity contribution in [3.8, 4) is 0 Å². The largest absolute Gasteiger partial charge is 0.511 e. The molecule has 0 spiro atoms. The van der Waals surface area contributed by atoms with E-state index in [9.17, 15) is 9.90 Å². The molecule has 0 aromatic rings. The molecule has 0 aromatic heterocycles. The second kappa shape index (κ2) is 10.4. The monoisotopic (exact) mass is 230 g/mol. The van der Waals surface area contributed by atoms with Crippen LogP contribution in [-0.2, 0) is 4.79 Å². The molecular formula is C11H22N2O3. The summed E-state index contributed by atoms with van der Waals surface area (Å²) in [4.78, 5) is 10.2. The lowest BCUT2D eigenvalue weighted by Crippen LogP contribution is -2.29. The van der Waals surface area contributed by atoms with Crippen molar-refractivity contribution in [2.24, 2.45) is 0 Å². The fourth-order valence-electron chi connectivity index (χ4n) is 1.10. The predicted octanol–water partition coefficient (Wildman–Crippen LogP) is 0.882. The molecule has 16 heavy (non-hydrogen) atoms. The zero-order chi connectivity index (χ0) is 12.2. The zero-order valence-electron chi connectivity index (χ0n) is 9.83. The van der Waals surface area contributed by atoms with E-state index >= 15 is 0 Å². The van der Waals surface area contributed by atoms with E-state index in [-0.39, 0.29) is 6.42 Å². The molecule has 0 atom stereocenters. The first kappa shape index (κ1) is 14.9. The maximum atomic E-state index is 10.2. The van der Waals surface area contributed by atoms with Gasteiger partial charge in [-0.25, -0.2) is 0 Å². The number of unbranched alkanes of at least 4 members (excludes halogenated alkanes) is 1. The first-order chi connectivity index (χ1) is 7.66. The molecule has 0 unspecified atom stereocenters. The van der Waals surface area contributed by atoms with Crippen molar-refractivity contribution in [1.29, 1.82) is 0 Å². The number of rotatable bonds is 10. The third kappa shape index (κ3) is 11.0. The van der Waals surface area contributed by atoms with Crippen LogP contribution in [0.3, 0.4) is 0 Å². The Bertz CT molecular complexity index is 217. The van der Waals surface area contributed by atoms with Gasteiger partial charge in [-0.2, -0.15) is 0 Å². The average molecular weight is 230 g/mol. The van der Waals surface area contributed by atoms with Crippen LogP contribution in [-0.4, -0.2) is 42.4 Å². The number of hydrogen-bond acceptors (Lipinski definition) is 4. The minimum atomic E-state index is -0.791. The second-order valence-electron chi connectivity index (χ2n) is 3.55. The number of allylic oxidation sites excluding steroid dienone is 1. The third-order valence-electron chi connectivity index (χ3n) is 1.97. The minimum absolute atomic E-state index is 0.141. The van der Waals surface area contributed by atoms with Crippen molar-refractivity contribution < 1.29 is 15.0 Å². The average Bonchev–Trinajstić information content (AvgIpc) is 2.24. The summed E-state index contributed by atoms with van der Waals surface area (Å²) in [5.74, 6) is -0.423. The number of carboxylic acid groups (broad SMARTS) is 1. The Morgan fingerprint density at radius 3 is 2.50 bits per heavy atom. The Labute approximate surface area is 96.5 Å². The van der Waals surface area contributed by atoms with Crippen molar-refractivity contribution in [2.45, 2.75) is 26.2 Å². The summed E-state index contributed by atoms with van der Waals surface area (Å²) >= 11 is 0. The molecule has 5 nitrogen and oxygen atoms in total. The van der Waals surface area contributed by atoms with Gasteiger partial charge >= 0.3 is 5.97 Å². The highest BCUT2D eigenvalue weighted by Crippen LogP contribution is 1.93. The van der Waals surface area contributed by atoms with Crippen molar-refractivity contribution in [3.63, 3.8) is 0 Å². The van der Waals surface area contributed by atoms with Crippen LogP contribution in [0.4, 0.5) is 0 Å². The standard InChI is InChI=1S/C11H22N2O3/c1-2-3-4-10(14)9-13-8-7-12-6-5-11(15)16/h4,12-14H,2-3,5-9H2,1H3,(H,15,16)/b10-4-. The highest BCUT2D eigenvalue weighted by Gasteiger charge is 1.95. The highest BCUT2D eigenvalue weighted by molar-refractivity contribution is 5.66. The zero-order valence-corrected chi connectivity index (χ0v) is 9.83. The lowest BCUT2D eigenvalue weighted by molar-refractivity contribution is -0.136. The molecule has 0 aliphatic carbocycles. The van der Waals surface area contributed by atoms with Crippen LogP contribution in [0.25, 0.3) is 0 Å². The minimum Gasteiger partial charge on any atom is -0.511 e. The molecule has 4 N–H and O–H groups in total. The maximum Gasteiger partial charge on any atom is 0.304 e. The lowest BCUT2D eigenvalue weighted by Gasteiger charge is -2.05. The summed E-state index contributed by atoms with van der Waals surface area (Å²) in [7, 11) is 0. The summed E-state index contributed by atoms with van der Waals surface area (Å²) in [6.07, 6.45) is 3.87. The van der Waals surface area contributed by atoms with Gasteiger partial charge in [-0.3, -0.25) is 4.79 Å². The van der Waals surface area contributed by atoms with Gasteiger partial charge in [0, 0.05) is 19.6 Å². The van der Waals surface area contributed by atoms with E-state index in [0.717, 1.165) is 12.8 Å². The smallest absolute Gasteiger partial charge is 0.304 e. The van der Waals surface area contributed by atoms with E-state index in [4.69, 9.17) is 5.11 Å². The third-order valence-corrected chi connectivity index (χ3v) is 1.97. The lowest BCUT2D eigenvalue weighted by atomic mass is 10.3. The van der Waals surface area contributed by atoms with E-state index in [1.807, 2.05) is 6.08 Å². The van der Waals surface area contributed by atoms with E-state index in [1.165, 1.54) is 0 Å². The molecule has 0 aromatic carbocycles. The first-order valence-corrected chi connectivity index (χ1v) is 5.68. The molecule has 0 saturated carbocycles. The SMILES string of the molecule is CCC/C=C(\O)CNCCNCCC(=O)O. The molecule has 0 heterocycles. The van der Waals surface area contributed by atoms with Crippen molar-refractivity contribution in [3.05, 3.63) is 11.8 Å². The Hall–Kier alpha value is -1.07. The molecule has 0 saturated heterocycles. The number of aliphatic carboxylic acids is 1. The maximum absolute atomic E-state index is 10.2. The number of aliphatic hydroxyl groups is 1. The van der Waals surface area contributed by atoms with Crippen molar-refractivity contribution in [2.75, 3.05) is 26.2 Å². The van der Waals surface area contributed by atoms with Crippen LogP contribution in [0.15, 0.2) is 11.8 Å². The number of nitrogens with one attached hydrogen (secondary N) is 2. The van der Waals surface area contributed by atoms with Gasteiger partial charge in [0.2, 0.25) is 0 Å². The van der Waals surface area contributed by atoms with E-state index in [2.05, 4.69) is 17.6 Å². The molecule has 0 bridgehead atoms. The topological polar surface area (TPSA) is 81.6 Å². The molecule has 0 aliphatic heterocycles. The summed E-state index contributed by atoms with van der Waals surface area (Å²) in [5, 5.41) is 23.8. The molecule has 94 valence electrons.